The molecule has 0 aliphatic carbocycles. The molecular weight excluding hydrogens is 352 g/mol. The Hall–Kier alpha value is -2.25. The molecule has 4 rings (SSSR count). The number of thioether (sulfide) groups is 2. The molecule has 5 nitrogen and oxygen atoms in total. The molecule has 0 spiro atoms. The van der Waals surface area contributed by atoms with Crippen LogP contribution in [0.15, 0.2) is 61.1 Å². The number of benzene rings is 1. The number of carbonyl (C=O) groups is 1. The summed E-state index contributed by atoms with van der Waals surface area (Å²) in [7, 11) is 0. The highest BCUT2D eigenvalue weighted by Crippen LogP contribution is 2.45. The van der Waals surface area contributed by atoms with Gasteiger partial charge in [0.15, 0.2) is 5.82 Å². The van der Waals surface area contributed by atoms with Crippen LogP contribution in [0.2, 0.25) is 0 Å². The smallest absolute Gasteiger partial charge is 0.255 e. The van der Waals surface area contributed by atoms with Gasteiger partial charge in [-0.2, -0.15) is 5.10 Å². The van der Waals surface area contributed by atoms with E-state index in [-0.39, 0.29) is 5.91 Å². The number of hydrogen-bond donors (Lipinski definition) is 1. The number of carbonyl (C=O) groups excluding carboxylic acids is 1. The molecule has 0 saturated carbocycles. The van der Waals surface area contributed by atoms with Crippen molar-refractivity contribution >= 4 is 35.1 Å². The second-order valence-electron chi connectivity index (χ2n) is 5.47. The first kappa shape index (κ1) is 16.2. The molecular formula is C18H16N4OS2. The van der Waals surface area contributed by atoms with E-state index in [0.717, 1.165) is 0 Å². The zero-order valence-corrected chi connectivity index (χ0v) is 15.0. The van der Waals surface area contributed by atoms with Crippen molar-refractivity contribution in [3.8, 4) is 5.82 Å². The number of aromatic nitrogens is 3. The summed E-state index contributed by atoms with van der Waals surface area (Å²) >= 11 is 3.91. The van der Waals surface area contributed by atoms with Crippen LogP contribution in [0.5, 0.6) is 0 Å². The van der Waals surface area contributed by atoms with Crippen LogP contribution < -0.4 is 5.32 Å². The van der Waals surface area contributed by atoms with Crippen LogP contribution in [0.3, 0.4) is 0 Å². The van der Waals surface area contributed by atoms with Gasteiger partial charge in [0, 0.05) is 35.7 Å². The normalized spacial score (nSPS) is 14.6. The van der Waals surface area contributed by atoms with Gasteiger partial charge in [0.25, 0.3) is 5.91 Å². The van der Waals surface area contributed by atoms with Crippen LogP contribution >= 0.6 is 23.5 Å². The molecule has 1 saturated heterocycles. The molecule has 3 aromatic rings. The van der Waals surface area contributed by atoms with Gasteiger partial charge in [0.05, 0.1) is 10.3 Å². The minimum Gasteiger partial charge on any atom is -0.319 e. The standard InChI is InChI=1S/C18H16N4OS2/c23-17(13-4-6-14(7-5-13)18-24-11-12-25-18)21-15-3-1-8-19-16(15)22-10-2-9-20-22/h1-10,18H,11-12H2,(H,21,23). The molecule has 1 aromatic carbocycles. The molecule has 1 amide bonds. The third-order valence-electron chi connectivity index (χ3n) is 3.82. The van der Waals surface area contributed by atoms with Gasteiger partial charge in [-0.3, -0.25) is 4.79 Å². The van der Waals surface area contributed by atoms with Crippen molar-refractivity contribution in [2.45, 2.75) is 4.58 Å². The van der Waals surface area contributed by atoms with E-state index in [2.05, 4.69) is 15.4 Å². The molecule has 0 unspecified atom stereocenters. The topological polar surface area (TPSA) is 59.8 Å². The summed E-state index contributed by atoms with van der Waals surface area (Å²) in [4.78, 5) is 16.9. The van der Waals surface area contributed by atoms with Gasteiger partial charge in [-0.25, -0.2) is 9.67 Å². The van der Waals surface area contributed by atoms with Gasteiger partial charge < -0.3 is 5.32 Å². The summed E-state index contributed by atoms with van der Waals surface area (Å²) in [5, 5.41) is 7.11. The first-order valence-electron chi connectivity index (χ1n) is 7.91. The summed E-state index contributed by atoms with van der Waals surface area (Å²) in [5.41, 5.74) is 2.52. The predicted molar refractivity (Wildman–Crippen MR) is 103 cm³/mol. The molecule has 126 valence electrons. The SMILES string of the molecule is O=C(Nc1cccnc1-n1cccn1)c1ccc(C2SCCS2)cc1. The van der Waals surface area contributed by atoms with Crippen molar-refractivity contribution in [1.29, 1.82) is 0 Å². The van der Waals surface area contributed by atoms with Crippen LogP contribution in [0.1, 0.15) is 20.5 Å². The van der Waals surface area contributed by atoms with E-state index in [4.69, 9.17) is 0 Å². The van der Waals surface area contributed by atoms with Gasteiger partial charge >= 0.3 is 0 Å². The monoisotopic (exact) mass is 368 g/mol. The molecule has 1 aliphatic heterocycles. The highest BCUT2D eigenvalue weighted by atomic mass is 32.2. The van der Waals surface area contributed by atoms with Crippen molar-refractivity contribution in [2.75, 3.05) is 16.8 Å². The lowest BCUT2D eigenvalue weighted by atomic mass is 10.1. The number of nitrogens with zero attached hydrogens (tertiary/aromatic N) is 3. The van der Waals surface area contributed by atoms with Gasteiger partial charge in [-0.15, -0.1) is 23.5 Å². The summed E-state index contributed by atoms with van der Waals surface area (Å²) in [6.45, 7) is 0. The maximum absolute atomic E-state index is 12.6. The van der Waals surface area contributed by atoms with Gasteiger partial charge in [-0.1, -0.05) is 12.1 Å². The third-order valence-corrected chi connectivity index (χ3v) is 6.93. The molecule has 0 radical (unpaired) electrons. The maximum Gasteiger partial charge on any atom is 0.255 e. The van der Waals surface area contributed by atoms with E-state index in [9.17, 15) is 4.79 Å². The first-order chi connectivity index (χ1) is 12.3. The van der Waals surface area contributed by atoms with E-state index in [1.165, 1.54) is 17.1 Å². The fourth-order valence-corrected chi connectivity index (χ4v) is 5.47. The Labute approximate surface area is 154 Å². The summed E-state index contributed by atoms with van der Waals surface area (Å²) < 4.78 is 2.12. The molecule has 1 aliphatic rings. The van der Waals surface area contributed by atoms with Crippen LogP contribution in [0, 0.1) is 0 Å². The van der Waals surface area contributed by atoms with Crippen molar-refractivity contribution in [1.82, 2.24) is 14.8 Å². The van der Waals surface area contributed by atoms with Crippen LogP contribution in [-0.4, -0.2) is 32.2 Å². The zero-order valence-electron chi connectivity index (χ0n) is 13.3. The van der Waals surface area contributed by atoms with Crippen molar-refractivity contribution in [3.63, 3.8) is 0 Å². The molecule has 0 bridgehead atoms. The van der Waals surface area contributed by atoms with Crippen molar-refractivity contribution < 1.29 is 4.79 Å². The lowest BCUT2D eigenvalue weighted by Crippen LogP contribution is -2.14. The van der Waals surface area contributed by atoms with Gasteiger partial charge in [-0.05, 0) is 35.9 Å². The number of nitrogens with one attached hydrogen (secondary N) is 1. The Balaban J connectivity index is 1.53. The second kappa shape index (κ2) is 7.33. The van der Waals surface area contributed by atoms with E-state index in [1.54, 1.807) is 29.3 Å². The third kappa shape index (κ3) is 3.57. The number of hydrogen-bond acceptors (Lipinski definition) is 5. The zero-order chi connectivity index (χ0) is 17.1. The molecule has 0 atom stereocenters. The molecule has 1 N–H and O–H groups in total. The van der Waals surface area contributed by atoms with E-state index < -0.39 is 0 Å². The average Bonchev–Trinajstić information content (AvgIpc) is 3.36. The fourth-order valence-electron chi connectivity index (χ4n) is 2.61. The minimum absolute atomic E-state index is 0.153. The number of anilines is 1. The maximum atomic E-state index is 12.6. The highest BCUT2D eigenvalue weighted by Gasteiger charge is 2.18. The number of amides is 1. The van der Waals surface area contributed by atoms with Crippen LogP contribution in [0.25, 0.3) is 5.82 Å². The average molecular weight is 368 g/mol. The van der Waals surface area contributed by atoms with E-state index in [0.29, 0.717) is 21.7 Å². The lowest BCUT2D eigenvalue weighted by Gasteiger charge is -2.11. The Morgan fingerprint density at radius 2 is 1.88 bits per heavy atom. The molecule has 25 heavy (non-hydrogen) atoms. The lowest BCUT2D eigenvalue weighted by molar-refractivity contribution is 0.102. The fraction of sp³-hybridized carbons (Fsp3) is 0.167. The summed E-state index contributed by atoms with van der Waals surface area (Å²) in [5.74, 6) is 2.82. The molecule has 7 heteroatoms. The molecule has 3 heterocycles. The summed E-state index contributed by atoms with van der Waals surface area (Å²) in [6.07, 6.45) is 5.15. The van der Waals surface area contributed by atoms with Gasteiger partial charge in [0.2, 0.25) is 0 Å². The van der Waals surface area contributed by atoms with E-state index in [1.807, 2.05) is 59.9 Å². The Morgan fingerprint density at radius 3 is 2.60 bits per heavy atom. The molecule has 2 aromatic heterocycles. The number of rotatable bonds is 4. The highest BCUT2D eigenvalue weighted by molar-refractivity contribution is 8.19. The number of pyridine rings is 1. The summed E-state index contributed by atoms with van der Waals surface area (Å²) in [6, 6.07) is 13.3. The van der Waals surface area contributed by atoms with Crippen molar-refractivity contribution in [2.24, 2.45) is 0 Å². The van der Waals surface area contributed by atoms with Gasteiger partial charge in [0.1, 0.15) is 0 Å². The molecule has 1 fully saturated rings. The second-order valence-corrected chi connectivity index (χ2v) is 8.20. The Bertz CT molecular complexity index is 859. The minimum atomic E-state index is -0.153. The first-order valence-corrected chi connectivity index (χ1v) is 10.0. The largest absolute Gasteiger partial charge is 0.319 e. The van der Waals surface area contributed by atoms with Crippen LogP contribution in [0.4, 0.5) is 5.69 Å². The Kier molecular flexibility index (Phi) is 4.76. The quantitative estimate of drug-likeness (QED) is 0.754. The Morgan fingerprint density at radius 1 is 1.08 bits per heavy atom. The van der Waals surface area contributed by atoms with Crippen molar-refractivity contribution in [3.05, 3.63) is 72.2 Å². The van der Waals surface area contributed by atoms with E-state index >= 15 is 0 Å². The van der Waals surface area contributed by atoms with Crippen LogP contribution in [-0.2, 0) is 0 Å². The predicted octanol–water partition coefficient (Wildman–Crippen LogP) is 4.00.